The molecule has 0 spiro atoms. The Balaban J connectivity index is 2.33. The minimum atomic E-state index is -0.421. The summed E-state index contributed by atoms with van der Waals surface area (Å²) in [5.74, 6) is -0.825. The first-order valence-corrected chi connectivity index (χ1v) is 8.30. The van der Waals surface area contributed by atoms with Crippen LogP contribution < -0.4 is 0 Å². The molecule has 0 aliphatic rings. The second kappa shape index (κ2) is 6.39. The van der Waals surface area contributed by atoms with Gasteiger partial charge in [0.2, 0.25) is 0 Å². The first-order valence-electron chi connectivity index (χ1n) is 7.41. The van der Waals surface area contributed by atoms with E-state index in [1.807, 2.05) is 30.3 Å². The number of hydrogen-bond acceptors (Lipinski definition) is 4. The molecule has 6 heteroatoms. The summed E-state index contributed by atoms with van der Waals surface area (Å²) in [6.07, 6.45) is 1.79. The molecule has 3 rings (SSSR count). The van der Waals surface area contributed by atoms with E-state index in [4.69, 9.17) is 9.47 Å². The Labute approximate surface area is 134 Å². The van der Waals surface area contributed by atoms with E-state index >= 15 is 0 Å². The third kappa shape index (κ3) is 2.68. The third-order valence-electron chi connectivity index (χ3n) is 3.46. The molecule has 0 N–H and O–H groups in total. The summed E-state index contributed by atoms with van der Waals surface area (Å²) in [5.41, 5.74) is 1.11. The molecule has 0 aliphatic carbocycles. The van der Waals surface area contributed by atoms with Gasteiger partial charge in [0.05, 0.1) is 18.7 Å². The molecule has 0 aliphatic heterocycles. The van der Waals surface area contributed by atoms with Gasteiger partial charge in [-0.25, -0.2) is 9.59 Å². The lowest BCUT2D eigenvalue weighted by atomic mass is 10.1. The molecular weight excluding hydrogens is 313 g/mol. The zero-order valence-electron chi connectivity index (χ0n) is 12.9. The number of carbonyl (C=O) groups is 2. The van der Waals surface area contributed by atoms with Gasteiger partial charge in [-0.2, -0.15) is 0 Å². The first-order chi connectivity index (χ1) is 11.2. The van der Waals surface area contributed by atoms with Crippen LogP contribution in [0.1, 0.15) is 34.2 Å². The highest BCUT2D eigenvalue weighted by atomic mass is 31.0. The van der Waals surface area contributed by atoms with Crippen molar-refractivity contribution in [2.45, 2.75) is 13.8 Å². The number of hydrogen-bond donors (Lipinski definition) is 0. The fourth-order valence-electron chi connectivity index (χ4n) is 2.53. The number of fused-ring (bicyclic) bond motifs is 3. The Morgan fingerprint density at radius 3 is 2.48 bits per heavy atom. The second-order valence-corrected chi connectivity index (χ2v) is 5.94. The molecule has 0 saturated carbocycles. The Bertz CT molecular complexity index is 900. The van der Waals surface area contributed by atoms with E-state index in [-0.39, 0.29) is 13.2 Å². The van der Waals surface area contributed by atoms with E-state index in [1.165, 1.54) is 0 Å². The summed E-state index contributed by atoms with van der Waals surface area (Å²) in [4.78, 5) is 24.6. The smallest absolute Gasteiger partial charge is 0.360 e. The van der Waals surface area contributed by atoms with Crippen molar-refractivity contribution < 1.29 is 19.1 Å². The summed E-state index contributed by atoms with van der Waals surface area (Å²) in [6.45, 7) is 4.09. The molecule has 2 heterocycles. The summed E-state index contributed by atoms with van der Waals surface area (Å²) >= 11 is 0. The Morgan fingerprint density at radius 2 is 1.74 bits per heavy atom. The zero-order chi connectivity index (χ0) is 16.4. The number of pyridine rings is 1. The molecule has 2 aromatic heterocycles. The molecule has 23 heavy (non-hydrogen) atoms. The lowest BCUT2D eigenvalue weighted by Gasteiger charge is -2.06. The van der Waals surface area contributed by atoms with Crippen LogP contribution in [0.2, 0.25) is 0 Å². The van der Waals surface area contributed by atoms with E-state index in [0.29, 0.717) is 24.4 Å². The molecule has 0 amide bonds. The number of benzene rings is 1. The van der Waals surface area contributed by atoms with Gasteiger partial charge in [-0.05, 0) is 33.5 Å². The van der Waals surface area contributed by atoms with Gasteiger partial charge >= 0.3 is 11.9 Å². The van der Waals surface area contributed by atoms with Gasteiger partial charge in [0.1, 0.15) is 5.30 Å². The normalized spacial score (nSPS) is 11.2. The zero-order valence-corrected chi connectivity index (χ0v) is 13.8. The monoisotopic (exact) mass is 329 g/mol. The van der Waals surface area contributed by atoms with Crippen molar-refractivity contribution >= 4 is 36.4 Å². The molecule has 0 radical (unpaired) electrons. The highest BCUT2D eigenvalue weighted by Crippen LogP contribution is 2.34. The number of aromatic nitrogens is 1. The summed E-state index contributed by atoms with van der Waals surface area (Å²) in [7, 11) is 0.509. The van der Waals surface area contributed by atoms with Crippen molar-refractivity contribution in [3.05, 3.63) is 47.2 Å². The van der Waals surface area contributed by atoms with Crippen LogP contribution in [0.5, 0.6) is 0 Å². The van der Waals surface area contributed by atoms with Gasteiger partial charge in [-0.3, -0.25) is 0 Å². The minimum Gasteiger partial charge on any atom is -0.462 e. The van der Waals surface area contributed by atoms with Crippen LogP contribution in [0, 0.1) is 0 Å². The van der Waals surface area contributed by atoms with Gasteiger partial charge in [0.25, 0.3) is 0 Å². The maximum Gasteiger partial charge on any atom is 0.360 e. The molecule has 0 bridgehead atoms. The molecule has 0 unspecified atom stereocenters. The highest BCUT2D eigenvalue weighted by Gasteiger charge is 2.23. The SMILES string of the molecule is CCOC(=O)c1pc(C(=O)OCC)n2ccc3ccccc3c12. The van der Waals surface area contributed by atoms with Crippen LogP contribution in [0.4, 0.5) is 0 Å². The van der Waals surface area contributed by atoms with Crippen molar-refractivity contribution in [3.63, 3.8) is 0 Å². The Morgan fingerprint density at radius 1 is 1.04 bits per heavy atom. The van der Waals surface area contributed by atoms with E-state index in [0.717, 1.165) is 10.8 Å². The number of ether oxygens (including phenoxy) is 2. The van der Waals surface area contributed by atoms with Crippen LogP contribution >= 0.6 is 8.19 Å². The van der Waals surface area contributed by atoms with Gasteiger partial charge in [0.15, 0.2) is 5.43 Å². The molecular formula is C17H16NO4P. The fourth-order valence-corrected chi connectivity index (χ4v) is 3.66. The number of esters is 2. The van der Waals surface area contributed by atoms with Gasteiger partial charge in [-0.1, -0.05) is 24.3 Å². The van der Waals surface area contributed by atoms with Crippen LogP contribution in [0.15, 0.2) is 36.5 Å². The molecule has 0 saturated heterocycles. The number of carbonyl (C=O) groups excluding carboxylic acids is 2. The number of rotatable bonds is 4. The van der Waals surface area contributed by atoms with E-state index in [1.54, 1.807) is 24.4 Å². The summed E-state index contributed by atoms with van der Waals surface area (Å²) in [5, 5.41) is 2.37. The van der Waals surface area contributed by atoms with Crippen LogP contribution in [0.25, 0.3) is 16.3 Å². The maximum atomic E-state index is 12.3. The largest absolute Gasteiger partial charge is 0.462 e. The first kappa shape index (κ1) is 15.5. The lowest BCUT2D eigenvalue weighted by Crippen LogP contribution is -2.06. The quantitative estimate of drug-likeness (QED) is 0.678. The molecule has 3 aromatic rings. The van der Waals surface area contributed by atoms with Crippen molar-refractivity contribution in [3.8, 4) is 0 Å². The summed E-state index contributed by atoms with van der Waals surface area (Å²) < 4.78 is 12.0. The number of nitrogens with zero attached hydrogens (tertiary/aromatic N) is 1. The standard InChI is InChI=1S/C17H16NO4P/c1-3-21-16(19)14-13-12-8-6-5-7-11(12)9-10-18(13)15(23-14)17(20)22-4-2/h5-10H,3-4H2,1-2H3. The molecule has 0 atom stereocenters. The molecule has 118 valence electrons. The van der Waals surface area contributed by atoms with Crippen LogP contribution in [0.3, 0.4) is 0 Å². The third-order valence-corrected chi connectivity index (χ3v) is 4.68. The predicted octanol–water partition coefficient (Wildman–Crippen LogP) is 4.03. The molecule has 0 fully saturated rings. The Kier molecular flexibility index (Phi) is 4.30. The topological polar surface area (TPSA) is 57.0 Å². The van der Waals surface area contributed by atoms with Crippen LogP contribution in [-0.2, 0) is 9.47 Å². The lowest BCUT2D eigenvalue weighted by molar-refractivity contribution is 0.0519. The average molecular weight is 329 g/mol. The van der Waals surface area contributed by atoms with Gasteiger partial charge in [-0.15, -0.1) is 0 Å². The predicted molar refractivity (Wildman–Crippen MR) is 89.3 cm³/mol. The second-order valence-electron chi connectivity index (χ2n) is 4.85. The van der Waals surface area contributed by atoms with Gasteiger partial charge < -0.3 is 13.9 Å². The van der Waals surface area contributed by atoms with Crippen molar-refractivity contribution in [1.29, 1.82) is 0 Å². The maximum absolute atomic E-state index is 12.3. The Hall–Kier alpha value is -2.39. The molecule has 5 nitrogen and oxygen atoms in total. The fraction of sp³-hybridized carbons (Fsp3) is 0.235. The summed E-state index contributed by atoms with van der Waals surface area (Å²) in [6, 6.07) is 9.67. The average Bonchev–Trinajstić information content (AvgIpc) is 2.95. The van der Waals surface area contributed by atoms with Crippen molar-refractivity contribution in [2.75, 3.05) is 13.2 Å². The van der Waals surface area contributed by atoms with Gasteiger partial charge in [0, 0.05) is 11.6 Å². The van der Waals surface area contributed by atoms with Crippen LogP contribution in [-0.4, -0.2) is 29.6 Å². The van der Waals surface area contributed by atoms with Crippen molar-refractivity contribution in [1.82, 2.24) is 4.40 Å². The van der Waals surface area contributed by atoms with E-state index < -0.39 is 11.9 Å². The van der Waals surface area contributed by atoms with E-state index in [2.05, 4.69) is 0 Å². The van der Waals surface area contributed by atoms with Crippen molar-refractivity contribution in [2.24, 2.45) is 0 Å². The van der Waals surface area contributed by atoms with E-state index in [9.17, 15) is 9.59 Å². The highest BCUT2D eigenvalue weighted by molar-refractivity contribution is 7.35. The molecule has 1 aromatic carbocycles. The minimum absolute atomic E-state index is 0.288.